The molecule has 0 aromatic carbocycles. The summed E-state index contributed by atoms with van der Waals surface area (Å²) in [7, 11) is 3.87. The first-order valence-electron chi connectivity index (χ1n) is 7.26. The Kier molecular flexibility index (Phi) is 4.58. The molecule has 0 saturated heterocycles. The third kappa shape index (κ3) is 2.98. The molecule has 0 bridgehead atoms. The number of nitrogens with one attached hydrogen (secondary N) is 1. The average molecular weight is 262 g/mol. The highest BCUT2D eigenvalue weighted by Gasteiger charge is 2.41. The maximum Gasteiger partial charge on any atom is 0.0873 e. The van der Waals surface area contributed by atoms with Crippen molar-refractivity contribution >= 4 is 0 Å². The summed E-state index contributed by atoms with van der Waals surface area (Å²) in [5, 5.41) is 3.45. The molecule has 1 aliphatic carbocycles. The molecule has 0 amide bonds. The van der Waals surface area contributed by atoms with Crippen LogP contribution in [0.4, 0.5) is 0 Å². The molecule has 1 aliphatic rings. The zero-order chi connectivity index (χ0) is 13.9. The largest absolute Gasteiger partial charge is 0.376 e. The smallest absolute Gasteiger partial charge is 0.0873 e. The molecule has 1 aromatic heterocycles. The molecule has 1 heterocycles. The number of rotatable bonds is 4. The van der Waals surface area contributed by atoms with Gasteiger partial charge in [0.15, 0.2) is 0 Å². The maximum absolute atomic E-state index is 5.97. The van der Waals surface area contributed by atoms with Crippen LogP contribution in [-0.2, 0) is 4.74 Å². The molecule has 1 N–H and O–H groups in total. The first-order chi connectivity index (χ1) is 9.11. The van der Waals surface area contributed by atoms with E-state index in [1.807, 2.05) is 27.3 Å². The lowest BCUT2D eigenvalue weighted by Crippen LogP contribution is -2.47. The highest BCUT2D eigenvalue weighted by Crippen LogP contribution is 2.42. The van der Waals surface area contributed by atoms with Gasteiger partial charge in [-0.05, 0) is 57.2 Å². The van der Waals surface area contributed by atoms with Crippen molar-refractivity contribution in [3.63, 3.8) is 0 Å². The van der Waals surface area contributed by atoms with Crippen molar-refractivity contribution in [2.75, 3.05) is 14.2 Å². The van der Waals surface area contributed by atoms with Crippen molar-refractivity contribution in [2.45, 2.75) is 51.2 Å². The maximum atomic E-state index is 5.97. The summed E-state index contributed by atoms with van der Waals surface area (Å²) >= 11 is 0. The summed E-state index contributed by atoms with van der Waals surface area (Å²) in [5.41, 5.74) is 2.20. The first kappa shape index (κ1) is 14.5. The molecule has 2 rings (SSSR count). The molecule has 0 aliphatic heterocycles. The summed E-state index contributed by atoms with van der Waals surface area (Å²) in [6.45, 7) is 4.36. The van der Waals surface area contributed by atoms with Gasteiger partial charge in [-0.2, -0.15) is 0 Å². The summed E-state index contributed by atoms with van der Waals surface area (Å²) < 4.78 is 5.97. The minimum absolute atomic E-state index is 0.0851. The molecule has 3 heteroatoms. The molecule has 19 heavy (non-hydrogen) atoms. The van der Waals surface area contributed by atoms with E-state index in [0.717, 1.165) is 24.5 Å². The van der Waals surface area contributed by atoms with E-state index < -0.39 is 0 Å². The minimum Gasteiger partial charge on any atom is -0.376 e. The number of nitrogens with zero attached hydrogens (tertiary/aromatic N) is 1. The van der Waals surface area contributed by atoms with Gasteiger partial charge in [0.25, 0.3) is 0 Å². The van der Waals surface area contributed by atoms with E-state index in [2.05, 4.69) is 29.4 Å². The lowest BCUT2D eigenvalue weighted by molar-refractivity contribution is -0.0745. The third-order valence-corrected chi connectivity index (χ3v) is 4.61. The van der Waals surface area contributed by atoms with Crippen LogP contribution in [0.5, 0.6) is 0 Å². The fourth-order valence-electron chi connectivity index (χ4n) is 3.24. The van der Waals surface area contributed by atoms with Gasteiger partial charge < -0.3 is 10.1 Å². The van der Waals surface area contributed by atoms with Gasteiger partial charge >= 0.3 is 0 Å². The molecular weight excluding hydrogens is 236 g/mol. The van der Waals surface area contributed by atoms with Gasteiger partial charge in [-0.1, -0.05) is 13.0 Å². The lowest BCUT2D eigenvalue weighted by Gasteiger charge is -2.44. The Morgan fingerprint density at radius 3 is 2.53 bits per heavy atom. The predicted octanol–water partition coefficient (Wildman–Crippen LogP) is 3.25. The molecule has 1 saturated carbocycles. The van der Waals surface area contributed by atoms with Crippen LogP contribution in [0.25, 0.3) is 0 Å². The van der Waals surface area contributed by atoms with E-state index in [-0.39, 0.29) is 11.6 Å². The van der Waals surface area contributed by atoms with Gasteiger partial charge in [-0.25, -0.2) is 0 Å². The second-order valence-electron chi connectivity index (χ2n) is 5.91. The van der Waals surface area contributed by atoms with Crippen molar-refractivity contribution < 1.29 is 4.74 Å². The van der Waals surface area contributed by atoms with Crippen molar-refractivity contribution in [3.8, 4) is 0 Å². The monoisotopic (exact) mass is 262 g/mol. The molecule has 106 valence electrons. The average Bonchev–Trinajstić information content (AvgIpc) is 2.44. The van der Waals surface area contributed by atoms with Crippen LogP contribution >= 0.6 is 0 Å². The van der Waals surface area contributed by atoms with E-state index >= 15 is 0 Å². The summed E-state index contributed by atoms with van der Waals surface area (Å²) in [6.07, 6.45) is 6.69. The molecule has 1 unspecified atom stereocenters. The minimum atomic E-state index is -0.0851. The highest BCUT2D eigenvalue weighted by molar-refractivity contribution is 5.21. The number of hydrogen-bond acceptors (Lipinski definition) is 3. The predicted molar refractivity (Wildman–Crippen MR) is 78.1 cm³/mol. The van der Waals surface area contributed by atoms with Crippen LogP contribution in [0.1, 0.15) is 49.9 Å². The van der Waals surface area contributed by atoms with Crippen molar-refractivity contribution in [2.24, 2.45) is 5.92 Å². The third-order valence-electron chi connectivity index (χ3n) is 4.61. The number of pyridine rings is 1. The first-order valence-corrected chi connectivity index (χ1v) is 7.26. The van der Waals surface area contributed by atoms with Crippen molar-refractivity contribution in [1.29, 1.82) is 0 Å². The Labute approximate surface area is 116 Å². The molecular formula is C16H26N2O. The van der Waals surface area contributed by atoms with Crippen LogP contribution < -0.4 is 5.32 Å². The van der Waals surface area contributed by atoms with E-state index in [1.165, 1.54) is 18.4 Å². The number of aromatic nitrogens is 1. The van der Waals surface area contributed by atoms with E-state index in [0.29, 0.717) is 0 Å². The van der Waals surface area contributed by atoms with Gasteiger partial charge in [0, 0.05) is 19.0 Å². The van der Waals surface area contributed by atoms with Crippen LogP contribution in [0, 0.1) is 12.8 Å². The zero-order valence-corrected chi connectivity index (χ0v) is 12.6. The van der Waals surface area contributed by atoms with Crippen molar-refractivity contribution in [3.05, 3.63) is 29.6 Å². The lowest BCUT2D eigenvalue weighted by atomic mass is 9.73. The second kappa shape index (κ2) is 6.02. The highest BCUT2D eigenvalue weighted by atomic mass is 16.5. The standard InChI is InChI=1S/C16H26N2O/c1-12-7-9-16(19-4,10-8-12)15(17-3)14-6-5-13(2)18-11-14/h5-6,11-12,15,17H,7-10H2,1-4H3. The number of ether oxygens (including phenoxy) is 1. The summed E-state index contributed by atoms with van der Waals surface area (Å²) in [4.78, 5) is 4.43. The van der Waals surface area contributed by atoms with Gasteiger partial charge in [-0.3, -0.25) is 4.98 Å². The Balaban J connectivity index is 2.25. The zero-order valence-electron chi connectivity index (χ0n) is 12.6. The van der Waals surface area contributed by atoms with Crippen molar-refractivity contribution in [1.82, 2.24) is 10.3 Å². The summed E-state index contributed by atoms with van der Waals surface area (Å²) in [5.74, 6) is 0.817. The molecule has 3 nitrogen and oxygen atoms in total. The fraction of sp³-hybridized carbons (Fsp3) is 0.688. The van der Waals surface area contributed by atoms with Crippen LogP contribution in [0.3, 0.4) is 0 Å². The number of hydrogen-bond donors (Lipinski definition) is 1. The molecule has 0 radical (unpaired) electrons. The fourth-order valence-corrected chi connectivity index (χ4v) is 3.24. The Morgan fingerprint density at radius 1 is 1.37 bits per heavy atom. The van der Waals surface area contributed by atoms with Gasteiger partial charge in [-0.15, -0.1) is 0 Å². The molecule has 1 fully saturated rings. The number of methoxy groups -OCH3 is 1. The Bertz CT molecular complexity index is 394. The SMILES string of the molecule is CNC(c1ccc(C)nc1)C1(OC)CCC(C)CC1. The molecule has 1 aromatic rings. The summed E-state index contributed by atoms with van der Waals surface area (Å²) in [6, 6.07) is 4.47. The number of likely N-dealkylation sites (N-methyl/N-ethyl adjacent to an activating group) is 1. The number of aryl methyl sites for hydroxylation is 1. The molecule has 1 atom stereocenters. The van der Waals surface area contributed by atoms with E-state index in [9.17, 15) is 0 Å². The van der Waals surface area contributed by atoms with E-state index in [1.54, 1.807) is 0 Å². The Hall–Kier alpha value is -0.930. The molecule has 0 spiro atoms. The van der Waals surface area contributed by atoms with Crippen LogP contribution in [0.2, 0.25) is 0 Å². The van der Waals surface area contributed by atoms with Crippen LogP contribution in [0.15, 0.2) is 18.3 Å². The second-order valence-corrected chi connectivity index (χ2v) is 5.91. The van der Waals surface area contributed by atoms with Gasteiger partial charge in [0.2, 0.25) is 0 Å². The van der Waals surface area contributed by atoms with Gasteiger partial charge in [0.1, 0.15) is 0 Å². The quantitative estimate of drug-likeness (QED) is 0.904. The van der Waals surface area contributed by atoms with Gasteiger partial charge in [0.05, 0.1) is 11.6 Å². The topological polar surface area (TPSA) is 34.2 Å². The normalized spacial score (nSPS) is 29.2. The van der Waals surface area contributed by atoms with E-state index in [4.69, 9.17) is 4.74 Å². The Morgan fingerprint density at radius 2 is 2.05 bits per heavy atom. The van der Waals surface area contributed by atoms with Crippen LogP contribution in [-0.4, -0.2) is 24.7 Å².